The van der Waals surface area contributed by atoms with Gasteiger partial charge in [0.25, 0.3) is 0 Å². The highest BCUT2D eigenvalue weighted by Crippen LogP contribution is 2.23. The van der Waals surface area contributed by atoms with E-state index in [1.807, 2.05) is 24.3 Å². The van der Waals surface area contributed by atoms with Crippen LogP contribution in [-0.2, 0) is 12.0 Å². The molecule has 118 valence electrons. The van der Waals surface area contributed by atoms with Crippen LogP contribution in [-0.4, -0.2) is 24.2 Å². The summed E-state index contributed by atoms with van der Waals surface area (Å²) in [6.45, 7) is 6.91. The molecule has 0 unspecified atom stereocenters. The van der Waals surface area contributed by atoms with E-state index in [2.05, 4.69) is 36.1 Å². The highest BCUT2D eigenvalue weighted by atomic mass is 16.5. The van der Waals surface area contributed by atoms with Gasteiger partial charge in [-0.25, -0.2) is 4.98 Å². The van der Waals surface area contributed by atoms with Gasteiger partial charge in [-0.15, -0.1) is 0 Å². The van der Waals surface area contributed by atoms with E-state index in [1.165, 1.54) is 0 Å². The molecule has 5 heteroatoms. The van der Waals surface area contributed by atoms with Crippen molar-refractivity contribution in [3.63, 3.8) is 0 Å². The molecule has 0 aliphatic rings. The van der Waals surface area contributed by atoms with Crippen molar-refractivity contribution in [2.75, 3.05) is 19.5 Å². The van der Waals surface area contributed by atoms with Crippen LogP contribution in [0, 0.1) is 0 Å². The fourth-order valence-electron chi connectivity index (χ4n) is 1.89. The summed E-state index contributed by atoms with van der Waals surface area (Å²) in [6, 6.07) is 9.74. The first-order valence-corrected chi connectivity index (χ1v) is 7.22. The van der Waals surface area contributed by atoms with Crippen LogP contribution in [0.5, 0.6) is 11.6 Å². The summed E-state index contributed by atoms with van der Waals surface area (Å²) in [5.41, 5.74) is 1.01. The fraction of sp³-hybridized carbons (Fsp3) is 0.412. The van der Waals surface area contributed by atoms with Gasteiger partial charge < -0.3 is 14.8 Å². The van der Waals surface area contributed by atoms with Crippen LogP contribution in [0.4, 0.5) is 5.82 Å². The van der Waals surface area contributed by atoms with Crippen LogP contribution in [0.3, 0.4) is 0 Å². The summed E-state index contributed by atoms with van der Waals surface area (Å²) >= 11 is 0. The Morgan fingerprint density at radius 1 is 1.00 bits per heavy atom. The molecular weight excluding hydrogens is 278 g/mol. The number of anilines is 1. The van der Waals surface area contributed by atoms with Crippen LogP contribution in [0.2, 0.25) is 0 Å². The average Bonchev–Trinajstić information content (AvgIpc) is 2.52. The summed E-state index contributed by atoms with van der Waals surface area (Å²) in [7, 11) is 3.27. The highest BCUT2D eigenvalue weighted by molar-refractivity contribution is 5.40. The van der Waals surface area contributed by atoms with Gasteiger partial charge in [0.15, 0.2) is 0 Å². The average molecular weight is 301 g/mol. The van der Waals surface area contributed by atoms with Crippen LogP contribution in [0.25, 0.3) is 0 Å². The van der Waals surface area contributed by atoms with Crippen LogP contribution in [0.1, 0.15) is 32.2 Å². The molecule has 0 radical (unpaired) electrons. The molecule has 1 aromatic carbocycles. The summed E-state index contributed by atoms with van der Waals surface area (Å²) in [4.78, 5) is 8.99. The fourth-order valence-corrected chi connectivity index (χ4v) is 1.89. The minimum Gasteiger partial charge on any atom is -0.497 e. The standard InChI is InChI=1S/C17H23N3O2/c1-17(2,3)16-19-14(10-15(20-16)22-5)18-11-12-6-8-13(21-4)9-7-12/h6-10H,11H2,1-5H3,(H,18,19,20). The monoisotopic (exact) mass is 301 g/mol. The number of nitrogens with zero attached hydrogens (tertiary/aromatic N) is 2. The third-order valence-corrected chi connectivity index (χ3v) is 3.22. The van der Waals surface area contributed by atoms with Crippen molar-refractivity contribution in [1.82, 2.24) is 9.97 Å². The number of hydrogen-bond acceptors (Lipinski definition) is 5. The Morgan fingerprint density at radius 3 is 2.23 bits per heavy atom. The molecule has 0 amide bonds. The molecule has 5 nitrogen and oxygen atoms in total. The Bertz CT molecular complexity index is 619. The number of aromatic nitrogens is 2. The number of rotatable bonds is 5. The third kappa shape index (κ3) is 4.10. The molecule has 2 rings (SSSR count). The number of nitrogens with one attached hydrogen (secondary N) is 1. The molecule has 22 heavy (non-hydrogen) atoms. The van der Waals surface area contributed by atoms with Crippen molar-refractivity contribution in [3.8, 4) is 11.6 Å². The Morgan fingerprint density at radius 2 is 1.68 bits per heavy atom. The molecule has 0 spiro atoms. The van der Waals surface area contributed by atoms with Gasteiger partial charge in [0.1, 0.15) is 17.4 Å². The quantitative estimate of drug-likeness (QED) is 0.917. The summed E-state index contributed by atoms with van der Waals surface area (Å²) in [5, 5.41) is 3.31. The number of benzene rings is 1. The molecule has 2 aromatic rings. The molecule has 0 fully saturated rings. The first-order chi connectivity index (χ1) is 10.4. The lowest BCUT2D eigenvalue weighted by Gasteiger charge is -2.18. The van der Waals surface area contributed by atoms with E-state index < -0.39 is 0 Å². The number of hydrogen-bond donors (Lipinski definition) is 1. The largest absolute Gasteiger partial charge is 0.497 e. The van der Waals surface area contributed by atoms with Crippen LogP contribution in [0.15, 0.2) is 30.3 Å². The van der Waals surface area contributed by atoms with Crippen LogP contribution >= 0.6 is 0 Å². The van der Waals surface area contributed by atoms with E-state index in [1.54, 1.807) is 20.3 Å². The topological polar surface area (TPSA) is 56.3 Å². The van der Waals surface area contributed by atoms with Gasteiger partial charge in [-0.1, -0.05) is 32.9 Å². The second-order valence-corrected chi connectivity index (χ2v) is 6.07. The second-order valence-electron chi connectivity index (χ2n) is 6.07. The van der Waals surface area contributed by atoms with Gasteiger partial charge in [0.05, 0.1) is 14.2 Å². The molecule has 1 N–H and O–H groups in total. The lowest BCUT2D eigenvalue weighted by molar-refractivity contribution is 0.389. The summed E-state index contributed by atoms with van der Waals surface area (Å²) in [5.74, 6) is 2.93. The normalized spacial score (nSPS) is 11.1. The zero-order chi connectivity index (χ0) is 16.2. The Hall–Kier alpha value is -2.30. The van der Waals surface area contributed by atoms with E-state index in [-0.39, 0.29) is 5.41 Å². The molecule has 1 heterocycles. The summed E-state index contributed by atoms with van der Waals surface area (Å²) < 4.78 is 10.4. The minimum atomic E-state index is -0.134. The third-order valence-electron chi connectivity index (χ3n) is 3.22. The number of methoxy groups -OCH3 is 2. The first kappa shape index (κ1) is 16.1. The number of ether oxygens (including phenoxy) is 2. The lowest BCUT2D eigenvalue weighted by atomic mass is 9.96. The van der Waals surface area contributed by atoms with Gasteiger partial charge in [-0.3, -0.25) is 0 Å². The van der Waals surface area contributed by atoms with Gasteiger partial charge in [0, 0.05) is 18.0 Å². The van der Waals surface area contributed by atoms with Crippen molar-refractivity contribution < 1.29 is 9.47 Å². The van der Waals surface area contributed by atoms with Crippen molar-refractivity contribution in [2.24, 2.45) is 0 Å². The molecule has 0 saturated heterocycles. The molecule has 0 saturated carbocycles. The minimum absolute atomic E-state index is 0.134. The molecule has 0 bridgehead atoms. The highest BCUT2D eigenvalue weighted by Gasteiger charge is 2.19. The van der Waals surface area contributed by atoms with Crippen LogP contribution < -0.4 is 14.8 Å². The van der Waals surface area contributed by atoms with Crippen molar-refractivity contribution in [3.05, 3.63) is 41.7 Å². The zero-order valence-electron chi connectivity index (χ0n) is 13.8. The molecule has 1 aromatic heterocycles. The van der Waals surface area contributed by atoms with Crippen molar-refractivity contribution in [1.29, 1.82) is 0 Å². The molecule has 0 aliphatic carbocycles. The van der Waals surface area contributed by atoms with Gasteiger partial charge in [-0.2, -0.15) is 4.98 Å². The predicted molar refractivity (Wildman–Crippen MR) is 87.6 cm³/mol. The Kier molecular flexibility index (Phi) is 4.85. The van der Waals surface area contributed by atoms with Gasteiger partial charge in [-0.05, 0) is 17.7 Å². The molecule has 0 atom stereocenters. The Balaban J connectivity index is 2.14. The first-order valence-electron chi connectivity index (χ1n) is 7.22. The van der Waals surface area contributed by atoms with Crippen molar-refractivity contribution >= 4 is 5.82 Å². The lowest BCUT2D eigenvalue weighted by Crippen LogP contribution is -2.17. The predicted octanol–water partition coefficient (Wildman–Crippen LogP) is 3.40. The maximum absolute atomic E-state index is 5.27. The second kappa shape index (κ2) is 6.64. The Labute approximate surface area is 131 Å². The van der Waals surface area contributed by atoms with E-state index in [0.717, 1.165) is 23.0 Å². The maximum Gasteiger partial charge on any atom is 0.218 e. The van der Waals surface area contributed by atoms with E-state index >= 15 is 0 Å². The van der Waals surface area contributed by atoms with E-state index in [4.69, 9.17) is 9.47 Å². The molecule has 0 aliphatic heterocycles. The molecular formula is C17H23N3O2. The van der Waals surface area contributed by atoms with Gasteiger partial charge in [0.2, 0.25) is 5.88 Å². The smallest absolute Gasteiger partial charge is 0.218 e. The SMILES string of the molecule is COc1ccc(CNc2cc(OC)nc(C(C)(C)C)n2)cc1. The van der Waals surface area contributed by atoms with E-state index in [0.29, 0.717) is 12.4 Å². The zero-order valence-corrected chi connectivity index (χ0v) is 13.8. The maximum atomic E-state index is 5.27. The van der Waals surface area contributed by atoms with E-state index in [9.17, 15) is 0 Å². The van der Waals surface area contributed by atoms with Gasteiger partial charge >= 0.3 is 0 Å². The van der Waals surface area contributed by atoms with Crippen molar-refractivity contribution in [2.45, 2.75) is 32.7 Å². The summed E-state index contributed by atoms with van der Waals surface area (Å²) in [6.07, 6.45) is 0.